The molecule has 0 atom stereocenters. The van der Waals surface area contributed by atoms with Gasteiger partial charge in [0.25, 0.3) is 0 Å². The number of para-hydroxylation sites is 1. The molecule has 2 aromatic carbocycles. The minimum atomic E-state index is -0.0143. The van der Waals surface area contributed by atoms with Crippen LogP contribution in [0.25, 0.3) is 22.2 Å². The Hall–Kier alpha value is -2.68. The minimum absolute atomic E-state index is 0.0143. The first-order valence-electron chi connectivity index (χ1n) is 5.92. The van der Waals surface area contributed by atoms with E-state index in [1.165, 1.54) is 6.07 Å². The van der Waals surface area contributed by atoms with Crippen LogP contribution in [0.15, 0.2) is 54.6 Å². The van der Waals surface area contributed by atoms with Gasteiger partial charge in [-0.25, -0.2) is 4.98 Å². The van der Waals surface area contributed by atoms with Crippen molar-refractivity contribution in [3.8, 4) is 17.0 Å². The number of aldehydes is 1. The van der Waals surface area contributed by atoms with Crippen LogP contribution in [0.3, 0.4) is 0 Å². The van der Waals surface area contributed by atoms with Gasteiger partial charge in [-0.15, -0.1) is 0 Å². The largest absolute Gasteiger partial charge is 0.507 e. The second-order valence-electron chi connectivity index (χ2n) is 4.28. The van der Waals surface area contributed by atoms with Crippen LogP contribution < -0.4 is 0 Å². The maximum absolute atomic E-state index is 10.8. The van der Waals surface area contributed by atoms with Gasteiger partial charge in [0.2, 0.25) is 0 Å². The van der Waals surface area contributed by atoms with Crippen molar-refractivity contribution >= 4 is 17.2 Å². The van der Waals surface area contributed by atoms with Gasteiger partial charge in [0.1, 0.15) is 5.75 Å². The zero-order chi connectivity index (χ0) is 13.2. The maximum atomic E-state index is 10.8. The summed E-state index contributed by atoms with van der Waals surface area (Å²) in [6.45, 7) is 0. The summed E-state index contributed by atoms with van der Waals surface area (Å²) in [6.07, 6.45) is 0.639. The van der Waals surface area contributed by atoms with E-state index in [2.05, 4.69) is 4.98 Å². The summed E-state index contributed by atoms with van der Waals surface area (Å²) < 4.78 is 0. The van der Waals surface area contributed by atoms with Crippen LogP contribution in [0.5, 0.6) is 5.75 Å². The normalized spacial score (nSPS) is 10.5. The summed E-state index contributed by atoms with van der Waals surface area (Å²) >= 11 is 0. The van der Waals surface area contributed by atoms with Crippen molar-refractivity contribution < 1.29 is 9.90 Å². The van der Waals surface area contributed by atoms with E-state index in [0.717, 1.165) is 22.2 Å². The van der Waals surface area contributed by atoms with E-state index in [1.54, 1.807) is 12.1 Å². The third-order valence-corrected chi connectivity index (χ3v) is 3.05. The summed E-state index contributed by atoms with van der Waals surface area (Å²) in [5, 5.41) is 10.6. The smallest absolute Gasteiger partial charge is 0.153 e. The summed E-state index contributed by atoms with van der Waals surface area (Å²) in [7, 11) is 0. The number of carbonyl (C=O) groups is 1. The molecular weight excluding hydrogens is 238 g/mol. The van der Waals surface area contributed by atoms with Crippen molar-refractivity contribution in [2.24, 2.45) is 0 Å². The Morgan fingerprint density at radius 2 is 1.84 bits per heavy atom. The van der Waals surface area contributed by atoms with Gasteiger partial charge in [-0.1, -0.05) is 24.3 Å². The SMILES string of the molecule is O=Cc1cc(-c2ccc3ccccc3n2)ccc1O. The molecule has 0 bridgehead atoms. The van der Waals surface area contributed by atoms with Gasteiger partial charge in [0, 0.05) is 10.9 Å². The fraction of sp³-hybridized carbons (Fsp3) is 0. The summed E-state index contributed by atoms with van der Waals surface area (Å²) in [5.74, 6) is -0.0143. The summed E-state index contributed by atoms with van der Waals surface area (Å²) in [6, 6.07) is 16.6. The average molecular weight is 249 g/mol. The van der Waals surface area contributed by atoms with E-state index >= 15 is 0 Å². The van der Waals surface area contributed by atoms with E-state index in [9.17, 15) is 9.90 Å². The Balaban J connectivity index is 2.16. The Labute approximate surface area is 110 Å². The van der Waals surface area contributed by atoms with Crippen molar-refractivity contribution in [1.82, 2.24) is 4.98 Å². The molecule has 1 heterocycles. The molecule has 0 aliphatic carbocycles. The third kappa shape index (κ3) is 2.06. The summed E-state index contributed by atoms with van der Waals surface area (Å²) in [5.41, 5.74) is 2.76. The lowest BCUT2D eigenvalue weighted by atomic mass is 10.1. The number of pyridine rings is 1. The number of phenols is 1. The third-order valence-electron chi connectivity index (χ3n) is 3.05. The first-order chi connectivity index (χ1) is 9.28. The van der Waals surface area contributed by atoms with Gasteiger partial charge >= 0.3 is 0 Å². The van der Waals surface area contributed by atoms with Crippen molar-refractivity contribution in [1.29, 1.82) is 0 Å². The Bertz CT molecular complexity index is 766. The topological polar surface area (TPSA) is 50.2 Å². The molecule has 3 rings (SSSR count). The second-order valence-corrected chi connectivity index (χ2v) is 4.28. The molecule has 3 aromatic rings. The molecule has 0 aliphatic heterocycles. The van der Waals surface area contributed by atoms with Crippen LogP contribution >= 0.6 is 0 Å². The van der Waals surface area contributed by atoms with E-state index in [0.29, 0.717) is 6.29 Å². The summed E-state index contributed by atoms with van der Waals surface area (Å²) in [4.78, 5) is 15.4. The number of carbonyl (C=O) groups excluding carboxylic acids is 1. The zero-order valence-electron chi connectivity index (χ0n) is 10.1. The molecule has 0 aliphatic rings. The molecule has 1 N–H and O–H groups in total. The number of aromatic hydroxyl groups is 1. The molecule has 3 heteroatoms. The van der Waals surface area contributed by atoms with E-state index in [-0.39, 0.29) is 11.3 Å². The zero-order valence-corrected chi connectivity index (χ0v) is 10.1. The lowest BCUT2D eigenvalue weighted by Gasteiger charge is -2.05. The fourth-order valence-electron chi connectivity index (χ4n) is 2.04. The van der Waals surface area contributed by atoms with Crippen molar-refractivity contribution in [2.45, 2.75) is 0 Å². The number of fused-ring (bicyclic) bond motifs is 1. The van der Waals surface area contributed by atoms with Crippen molar-refractivity contribution in [2.75, 3.05) is 0 Å². The number of aromatic nitrogens is 1. The second kappa shape index (κ2) is 4.53. The fourth-order valence-corrected chi connectivity index (χ4v) is 2.04. The van der Waals surface area contributed by atoms with Gasteiger partial charge in [0.15, 0.2) is 6.29 Å². The molecular formula is C16H11NO2. The maximum Gasteiger partial charge on any atom is 0.153 e. The number of phenolic OH excluding ortho intramolecular Hbond substituents is 1. The van der Waals surface area contributed by atoms with Crippen LogP contribution in [0, 0.1) is 0 Å². The number of rotatable bonds is 2. The number of benzene rings is 2. The van der Waals surface area contributed by atoms with Crippen LogP contribution in [-0.2, 0) is 0 Å². The Morgan fingerprint density at radius 3 is 2.68 bits per heavy atom. The van der Waals surface area contributed by atoms with E-state index < -0.39 is 0 Å². The van der Waals surface area contributed by atoms with Crippen LogP contribution in [-0.4, -0.2) is 16.4 Å². The predicted molar refractivity (Wildman–Crippen MR) is 74.2 cm³/mol. The van der Waals surface area contributed by atoms with E-state index in [1.807, 2.05) is 36.4 Å². The van der Waals surface area contributed by atoms with Crippen LogP contribution in [0.1, 0.15) is 10.4 Å². The average Bonchev–Trinajstić information content (AvgIpc) is 2.47. The monoisotopic (exact) mass is 249 g/mol. The molecule has 3 nitrogen and oxygen atoms in total. The van der Waals surface area contributed by atoms with Gasteiger partial charge in [-0.05, 0) is 30.3 Å². The number of nitrogens with zero attached hydrogens (tertiary/aromatic N) is 1. The molecule has 0 amide bonds. The molecule has 0 saturated heterocycles. The first-order valence-corrected chi connectivity index (χ1v) is 5.92. The van der Waals surface area contributed by atoms with Gasteiger partial charge in [-0.3, -0.25) is 4.79 Å². The first kappa shape index (κ1) is 11.4. The molecule has 0 spiro atoms. The molecule has 0 saturated carbocycles. The molecule has 0 fully saturated rings. The highest BCUT2D eigenvalue weighted by molar-refractivity contribution is 5.84. The Morgan fingerprint density at radius 1 is 1.00 bits per heavy atom. The van der Waals surface area contributed by atoms with E-state index in [4.69, 9.17) is 0 Å². The van der Waals surface area contributed by atoms with Crippen LogP contribution in [0.4, 0.5) is 0 Å². The van der Waals surface area contributed by atoms with Gasteiger partial charge in [0.05, 0.1) is 16.8 Å². The molecule has 1 aromatic heterocycles. The highest BCUT2D eigenvalue weighted by atomic mass is 16.3. The van der Waals surface area contributed by atoms with Crippen LogP contribution in [0.2, 0.25) is 0 Å². The van der Waals surface area contributed by atoms with Gasteiger partial charge in [-0.2, -0.15) is 0 Å². The minimum Gasteiger partial charge on any atom is -0.507 e. The standard InChI is InChI=1S/C16H11NO2/c18-10-13-9-12(6-8-16(13)19)15-7-5-11-3-1-2-4-14(11)17-15/h1-10,19H. The lowest BCUT2D eigenvalue weighted by molar-refractivity contribution is 0.112. The molecule has 0 radical (unpaired) electrons. The molecule has 19 heavy (non-hydrogen) atoms. The quantitative estimate of drug-likeness (QED) is 0.708. The predicted octanol–water partition coefficient (Wildman–Crippen LogP) is 3.42. The Kier molecular flexibility index (Phi) is 2.72. The number of hydrogen-bond acceptors (Lipinski definition) is 3. The van der Waals surface area contributed by atoms with Crippen molar-refractivity contribution in [3.05, 3.63) is 60.2 Å². The molecule has 92 valence electrons. The lowest BCUT2D eigenvalue weighted by Crippen LogP contribution is -1.88. The number of hydrogen-bond donors (Lipinski definition) is 1. The highest BCUT2D eigenvalue weighted by Crippen LogP contribution is 2.25. The van der Waals surface area contributed by atoms with Crippen molar-refractivity contribution in [3.63, 3.8) is 0 Å². The van der Waals surface area contributed by atoms with Gasteiger partial charge < -0.3 is 5.11 Å². The highest BCUT2D eigenvalue weighted by Gasteiger charge is 2.05. The molecule has 0 unspecified atom stereocenters.